The van der Waals surface area contributed by atoms with Crippen LogP contribution in [0.15, 0.2) is 141 Å². The van der Waals surface area contributed by atoms with Gasteiger partial charge in [-0.2, -0.15) is 20.2 Å². The van der Waals surface area contributed by atoms with Crippen molar-refractivity contribution in [3.05, 3.63) is 187 Å². The molecule has 4 aliphatic heterocycles. The van der Waals surface area contributed by atoms with Crippen molar-refractivity contribution in [3.63, 3.8) is 0 Å². The molecule has 123 heavy (non-hydrogen) atoms. The molecule has 642 valence electrons. The number of nitrogens with two attached hydrogens (primary N) is 2. The van der Waals surface area contributed by atoms with E-state index in [2.05, 4.69) is 76.1 Å². The monoisotopic (exact) mass is 1690 g/mol. The molecular formula is C83H93FN24O15. The number of aromatic carboxylic acids is 1. The lowest BCUT2D eigenvalue weighted by Gasteiger charge is -2.34. The first-order valence-electron chi connectivity index (χ1n) is 40.1. The number of ether oxygens (including phenoxy) is 4. The van der Waals surface area contributed by atoms with Gasteiger partial charge in [-0.05, 0) is 121 Å². The molecule has 0 saturated carbocycles. The first kappa shape index (κ1) is 84.8. The standard InChI is InChI=1S/C41H44N12O7.C23H29N9O3.C18H17N3O5.CH3F/c1-23(2)28-19-29(31(55)20-30(28)54)36-48-49-41(58)53(36)26-7-5-24(6-8-26)38(57)51-16-14-50(15-17-51)12-4-18-60-32-10-9-27-33(34(32)59-3)46-40(52-13-11-43-35(27)52)47-37(56)25-21-44-39(42)45-22-25;1-34-19-17(35-12-2-8-31-9-5-25-6-10-31)4-3-16-18(19)29-23(32-11-7-26-20(16)32)30-21(33)15-13-27-22(24)28-14-15;1-9(2)12-7-13(15(23)8-14(12)22)16-19-20-18(26)21(16)11-5-3-10(4-6-11)17(24)25;1-2/h5-10,19-23,43,54-55H,4,11-18H2,1-3H3,(H,49,58)(H2,42,44,45);3-4,13-14,25-26H,2,5-12H2,1H3,(H2,24,27,28);3-9,22-23H,1-2H3,(H,20,26)(H,24,25);1H3/i;;;1D. The molecule has 2 saturated heterocycles. The summed E-state index contributed by atoms with van der Waals surface area (Å²) < 4.78 is 45.6. The number of nitrogens with one attached hydrogen (secondary N) is 5. The maximum Gasteiger partial charge on any atom is 0.348 e. The molecule has 6 aromatic heterocycles. The van der Waals surface area contributed by atoms with Gasteiger partial charge in [-0.25, -0.2) is 63.6 Å². The number of amides is 3. The minimum atomic E-state index is -1.07. The average molecular weight is 1690 g/mol. The summed E-state index contributed by atoms with van der Waals surface area (Å²) in [5.41, 5.74) is 15.2. The lowest BCUT2D eigenvalue weighted by atomic mass is 9.98. The number of aromatic hydroxyl groups is 4. The van der Waals surface area contributed by atoms with Gasteiger partial charge in [0.05, 0.1) is 75.1 Å². The van der Waals surface area contributed by atoms with Gasteiger partial charge in [0.2, 0.25) is 23.1 Å². The van der Waals surface area contributed by atoms with Crippen molar-refractivity contribution < 1.29 is 69.4 Å². The van der Waals surface area contributed by atoms with Crippen molar-refractivity contribution in [2.45, 2.75) is 65.5 Å². The number of rotatable bonds is 22. The summed E-state index contributed by atoms with van der Waals surface area (Å²) in [7, 11) is 2.13. The zero-order valence-corrected chi connectivity index (χ0v) is 68.1. The molecule has 39 nitrogen and oxygen atoms in total. The number of phenols is 4. The third-order valence-corrected chi connectivity index (χ3v) is 20.8. The van der Waals surface area contributed by atoms with Crippen LogP contribution in [0, 0.1) is 0 Å². The van der Waals surface area contributed by atoms with Crippen LogP contribution < -0.4 is 69.0 Å². The second kappa shape index (κ2) is 38.6. The van der Waals surface area contributed by atoms with E-state index in [0.29, 0.717) is 128 Å². The topological polar surface area (TPSA) is 517 Å². The van der Waals surface area contributed by atoms with E-state index in [-0.39, 0.29) is 103 Å². The summed E-state index contributed by atoms with van der Waals surface area (Å²) in [5, 5.41) is 74.8. The number of fused-ring (bicyclic) bond motifs is 6. The lowest BCUT2D eigenvalue weighted by Crippen LogP contribution is -2.49. The molecular weight excluding hydrogens is 1590 g/mol. The number of methoxy groups -OCH3 is 2. The molecule has 4 aliphatic rings. The minimum Gasteiger partial charge on any atom is -0.508 e. The van der Waals surface area contributed by atoms with Gasteiger partial charge in [0, 0.05) is 145 Å². The molecule has 0 spiro atoms. The third-order valence-electron chi connectivity index (χ3n) is 20.8. The van der Waals surface area contributed by atoms with E-state index >= 15 is 0 Å². The summed E-state index contributed by atoms with van der Waals surface area (Å²) in [6.45, 7) is 19.5. The van der Waals surface area contributed by atoms with Crippen molar-refractivity contribution in [2.75, 3.05) is 135 Å². The van der Waals surface area contributed by atoms with E-state index in [4.69, 9.17) is 46.9 Å². The fraction of sp³-hybridized carbons (Fsp3) is 0.325. The molecule has 12 aromatic rings. The van der Waals surface area contributed by atoms with E-state index in [1.165, 1.54) is 70.3 Å². The van der Waals surface area contributed by atoms with Crippen molar-refractivity contribution in [3.8, 4) is 80.1 Å². The van der Waals surface area contributed by atoms with Crippen LogP contribution in [0.5, 0.6) is 46.0 Å². The number of aromatic amines is 2. The van der Waals surface area contributed by atoms with E-state index in [0.717, 1.165) is 74.5 Å². The highest BCUT2D eigenvalue weighted by Gasteiger charge is 2.29. The van der Waals surface area contributed by atoms with E-state index in [1.54, 1.807) is 50.6 Å². The summed E-state index contributed by atoms with van der Waals surface area (Å²) >= 11 is 0. The van der Waals surface area contributed by atoms with Crippen LogP contribution in [0.2, 0.25) is 0 Å². The number of carboxylic acid groups (broad SMARTS) is 1. The Kier molecular flexibility index (Phi) is 26.6. The molecule has 14 N–H and O–H groups in total. The van der Waals surface area contributed by atoms with Crippen LogP contribution in [0.4, 0.5) is 27.9 Å². The van der Waals surface area contributed by atoms with Crippen molar-refractivity contribution in [2.24, 2.45) is 9.98 Å². The van der Waals surface area contributed by atoms with E-state index in [9.17, 15) is 53.6 Å². The SMILES string of the molecule is CC(C)c1cc(-c2n[nH]c(=O)n2-c2ccc(C(=O)O)cc2)c(O)cc1O.COc1c(OCCCN2CCN(C(=O)c3ccc(-n4c(-c5cc(C(C)C)c(O)cc5O)n[nH]c4=O)cc3)CC2)ccc2c3n(c(=NC(=O)c4cnc(N)nc4)nc12)CCN3.COc1c(OCCCN2CCNCC2)ccc2c3n(c(=NC(=O)c4cnc(N)nc4)nc12)CCN3.[2H]CF. The fourth-order valence-corrected chi connectivity index (χ4v) is 14.5. The first-order chi connectivity index (χ1) is 59.8. The minimum absolute atomic E-state index is 0.0108. The largest absolute Gasteiger partial charge is 0.508 e. The normalized spacial score (nSPS) is 14.1. The number of halogens is 1. The van der Waals surface area contributed by atoms with Gasteiger partial charge in [-0.3, -0.25) is 32.8 Å². The Morgan fingerprint density at radius 1 is 0.537 bits per heavy atom. The first-order valence-corrected chi connectivity index (χ1v) is 39.4. The quantitative estimate of drug-likeness (QED) is 0.0336. The number of carbonyl (C=O) groups is 4. The Morgan fingerprint density at radius 3 is 1.34 bits per heavy atom. The highest BCUT2D eigenvalue weighted by atomic mass is 19.1. The van der Waals surface area contributed by atoms with Gasteiger partial charge in [0.15, 0.2) is 34.6 Å². The third kappa shape index (κ3) is 19.2. The van der Waals surface area contributed by atoms with Crippen LogP contribution in [0.1, 0.15) is 106 Å². The molecule has 40 heteroatoms. The zero-order chi connectivity index (χ0) is 88.0. The van der Waals surface area contributed by atoms with Gasteiger partial charge >= 0.3 is 17.3 Å². The maximum atomic E-state index is 13.5. The van der Waals surface area contributed by atoms with Gasteiger partial charge in [-0.15, -0.1) is 0 Å². The number of piperazine rings is 2. The molecule has 16 rings (SSSR count). The Bertz CT molecular complexity index is 6180. The van der Waals surface area contributed by atoms with Gasteiger partial charge < -0.3 is 81.7 Å². The number of H-pyrrole nitrogens is 2. The second-order valence-corrected chi connectivity index (χ2v) is 29.2. The van der Waals surface area contributed by atoms with Crippen molar-refractivity contribution in [1.29, 1.82) is 0 Å². The van der Waals surface area contributed by atoms with Crippen LogP contribution in [-0.4, -0.2) is 246 Å². The Hall–Kier alpha value is -14.7. The smallest absolute Gasteiger partial charge is 0.348 e. The second-order valence-electron chi connectivity index (χ2n) is 29.2. The molecule has 3 amide bonds. The molecule has 0 atom stereocenters. The summed E-state index contributed by atoms with van der Waals surface area (Å²) in [5.74, 6) is 1.32. The van der Waals surface area contributed by atoms with Gasteiger partial charge in [-0.1, -0.05) is 27.7 Å². The molecule has 0 aliphatic carbocycles. The highest BCUT2D eigenvalue weighted by molar-refractivity contribution is 5.99. The number of hydrogen-bond acceptors (Lipinski definition) is 29. The number of alkyl halides is 1. The molecule has 6 aromatic carbocycles. The number of benzene rings is 6. The number of nitrogen functional groups attached to an aromatic ring is 2. The molecule has 2 fully saturated rings. The van der Waals surface area contributed by atoms with Crippen LogP contribution in [0.3, 0.4) is 0 Å². The molecule has 0 bridgehead atoms. The summed E-state index contributed by atoms with van der Waals surface area (Å²) in [6.07, 6.45) is 6.99. The molecule has 0 unspecified atom stereocenters. The van der Waals surface area contributed by atoms with Crippen LogP contribution in [-0.2, 0) is 13.1 Å². The van der Waals surface area contributed by atoms with E-state index < -0.39 is 36.3 Å². The highest BCUT2D eigenvalue weighted by Crippen LogP contribution is 2.42. The number of carbonyl (C=O) groups excluding carboxylic acids is 3. The lowest BCUT2D eigenvalue weighted by molar-refractivity contribution is 0.0629. The molecule has 10 heterocycles. The predicted octanol–water partition coefficient (Wildman–Crippen LogP) is 6.19. The number of anilines is 4. The number of carboxylic acids is 1. The Morgan fingerprint density at radius 2 is 0.943 bits per heavy atom. The number of nitrogens with zero attached hydrogens (tertiary/aromatic N) is 17. The van der Waals surface area contributed by atoms with Gasteiger partial charge in [0.25, 0.3) is 17.7 Å². The van der Waals surface area contributed by atoms with E-state index in [1.807, 2.05) is 66.0 Å². The van der Waals surface area contributed by atoms with Crippen molar-refractivity contribution in [1.82, 2.24) is 88.6 Å². The molecule has 0 radical (unpaired) electrons. The van der Waals surface area contributed by atoms with Crippen LogP contribution in [0.25, 0.3) is 56.0 Å². The Balaban J connectivity index is 0.000000174. The van der Waals surface area contributed by atoms with Gasteiger partial charge in [0.1, 0.15) is 45.7 Å². The summed E-state index contributed by atoms with van der Waals surface area (Å²) in [4.78, 5) is 115. The number of aromatic nitrogens is 14. The maximum absolute atomic E-state index is 13.5. The Labute approximate surface area is 702 Å². The summed E-state index contributed by atoms with van der Waals surface area (Å²) in [6, 6.07) is 25.7. The van der Waals surface area contributed by atoms with Crippen molar-refractivity contribution >= 4 is 69.0 Å². The zero-order valence-electron chi connectivity index (χ0n) is 69.1. The number of hydrogen-bond donors (Lipinski definition) is 12. The predicted molar refractivity (Wildman–Crippen MR) is 452 cm³/mol. The fourth-order valence-electron chi connectivity index (χ4n) is 14.5. The average Bonchev–Trinajstić information content (AvgIpc) is 1.54. The van der Waals surface area contributed by atoms with Crippen LogP contribution >= 0.6 is 0 Å². The number of phenolic OH excluding ortho intramolecular Hbond substituents is 4.